The van der Waals surface area contributed by atoms with Gasteiger partial charge in [0.2, 0.25) is 11.8 Å². The fourth-order valence-corrected chi connectivity index (χ4v) is 5.21. The quantitative estimate of drug-likeness (QED) is 0.537. The Morgan fingerprint density at radius 3 is 2.89 bits per heavy atom. The molecular formula is C19H18N4O2S2. The van der Waals surface area contributed by atoms with Crippen LogP contribution in [0.25, 0.3) is 10.2 Å². The zero-order chi connectivity index (χ0) is 19.1. The molecule has 1 N–H and O–H groups in total. The maximum atomic E-state index is 13.1. The van der Waals surface area contributed by atoms with Gasteiger partial charge in [-0.05, 0) is 38.5 Å². The van der Waals surface area contributed by atoms with Crippen molar-refractivity contribution in [2.24, 2.45) is 0 Å². The molecule has 0 saturated carbocycles. The van der Waals surface area contributed by atoms with Crippen molar-refractivity contribution >= 4 is 56.5 Å². The standard InChI is InChI=1S/C19H18N4O2S2/c1-10-11(2)26-17-16(10)18(21-9-20-17)27-12(3)19(25)23-8-15(24)22-13-6-4-5-7-14(13)23/h4-7,9,12H,8H2,1-3H3,(H,22,24)/t12-/m0/s1. The summed E-state index contributed by atoms with van der Waals surface area (Å²) < 4.78 is 0. The summed E-state index contributed by atoms with van der Waals surface area (Å²) in [6, 6.07) is 7.35. The molecule has 2 amide bonds. The normalized spacial score (nSPS) is 14.8. The van der Waals surface area contributed by atoms with E-state index in [1.165, 1.54) is 16.6 Å². The van der Waals surface area contributed by atoms with Crippen LogP contribution < -0.4 is 10.2 Å². The van der Waals surface area contributed by atoms with E-state index < -0.39 is 0 Å². The molecule has 1 atom stereocenters. The zero-order valence-electron chi connectivity index (χ0n) is 15.1. The number of hydrogen-bond acceptors (Lipinski definition) is 6. The van der Waals surface area contributed by atoms with Gasteiger partial charge in [-0.2, -0.15) is 0 Å². The summed E-state index contributed by atoms with van der Waals surface area (Å²) in [4.78, 5) is 37.6. The molecule has 8 heteroatoms. The first-order valence-electron chi connectivity index (χ1n) is 8.53. The highest BCUT2D eigenvalue weighted by Gasteiger charge is 2.30. The molecule has 1 aliphatic heterocycles. The molecule has 1 aliphatic rings. The molecule has 0 unspecified atom stereocenters. The summed E-state index contributed by atoms with van der Waals surface area (Å²) in [5, 5.41) is 4.24. The number of anilines is 2. The summed E-state index contributed by atoms with van der Waals surface area (Å²) >= 11 is 3.05. The minimum atomic E-state index is -0.387. The van der Waals surface area contributed by atoms with E-state index >= 15 is 0 Å². The van der Waals surface area contributed by atoms with E-state index in [4.69, 9.17) is 0 Å². The van der Waals surface area contributed by atoms with Gasteiger partial charge in [0.25, 0.3) is 0 Å². The van der Waals surface area contributed by atoms with E-state index in [2.05, 4.69) is 29.1 Å². The van der Waals surface area contributed by atoms with Crippen LogP contribution in [0.5, 0.6) is 0 Å². The van der Waals surface area contributed by atoms with Crippen LogP contribution in [0.4, 0.5) is 11.4 Å². The zero-order valence-corrected chi connectivity index (χ0v) is 16.8. The highest BCUT2D eigenvalue weighted by atomic mass is 32.2. The third-order valence-electron chi connectivity index (χ3n) is 4.60. The van der Waals surface area contributed by atoms with Crippen LogP contribution in [0, 0.1) is 13.8 Å². The second kappa shape index (κ2) is 6.94. The van der Waals surface area contributed by atoms with Crippen LogP contribution in [-0.2, 0) is 9.59 Å². The highest BCUT2D eigenvalue weighted by molar-refractivity contribution is 8.00. The first kappa shape index (κ1) is 17.9. The molecule has 1 aromatic carbocycles. The number of nitrogens with zero attached hydrogens (tertiary/aromatic N) is 3. The monoisotopic (exact) mass is 398 g/mol. The first-order chi connectivity index (χ1) is 13.0. The number of benzene rings is 1. The molecule has 0 spiro atoms. The van der Waals surface area contributed by atoms with Crippen molar-refractivity contribution in [3.63, 3.8) is 0 Å². The predicted octanol–water partition coefficient (Wildman–Crippen LogP) is 3.77. The van der Waals surface area contributed by atoms with E-state index in [-0.39, 0.29) is 23.6 Å². The average Bonchev–Trinajstić information content (AvgIpc) is 2.95. The van der Waals surface area contributed by atoms with Crippen LogP contribution in [0.2, 0.25) is 0 Å². The van der Waals surface area contributed by atoms with E-state index in [0.29, 0.717) is 5.69 Å². The topological polar surface area (TPSA) is 75.2 Å². The third kappa shape index (κ3) is 3.19. The number of hydrogen-bond donors (Lipinski definition) is 1. The SMILES string of the molecule is Cc1sc2ncnc(S[C@@H](C)C(=O)N3CC(=O)Nc4ccccc43)c2c1C. The van der Waals surface area contributed by atoms with Gasteiger partial charge < -0.3 is 5.32 Å². The minimum Gasteiger partial charge on any atom is -0.323 e. The molecule has 0 fully saturated rings. The van der Waals surface area contributed by atoms with E-state index in [1.54, 1.807) is 28.6 Å². The Kier molecular flexibility index (Phi) is 4.61. The summed E-state index contributed by atoms with van der Waals surface area (Å²) in [5.41, 5.74) is 2.54. The van der Waals surface area contributed by atoms with E-state index in [9.17, 15) is 9.59 Å². The van der Waals surface area contributed by atoms with Gasteiger partial charge >= 0.3 is 0 Å². The lowest BCUT2D eigenvalue weighted by atomic mass is 10.2. The van der Waals surface area contributed by atoms with Gasteiger partial charge in [0.15, 0.2) is 0 Å². The molecule has 2 aromatic heterocycles. The number of nitrogens with one attached hydrogen (secondary N) is 1. The number of rotatable bonds is 3. The number of para-hydroxylation sites is 2. The summed E-state index contributed by atoms with van der Waals surface area (Å²) in [7, 11) is 0. The van der Waals surface area contributed by atoms with E-state index in [1.807, 2.05) is 25.1 Å². The Morgan fingerprint density at radius 2 is 2.07 bits per heavy atom. The third-order valence-corrected chi connectivity index (χ3v) is 6.81. The van der Waals surface area contributed by atoms with Gasteiger partial charge in [-0.3, -0.25) is 14.5 Å². The van der Waals surface area contributed by atoms with Crippen molar-refractivity contribution in [3.8, 4) is 0 Å². The Morgan fingerprint density at radius 1 is 1.30 bits per heavy atom. The maximum absolute atomic E-state index is 13.1. The van der Waals surface area contributed by atoms with Gasteiger partial charge in [0, 0.05) is 10.3 Å². The second-order valence-corrected chi connectivity index (χ2v) is 8.92. The molecule has 0 radical (unpaired) electrons. The van der Waals surface area contributed by atoms with Crippen LogP contribution in [0.15, 0.2) is 35.6 Å². The minimum absolute atomic E-state index is 0.0243. The number of thiophene rings is 1. The molecule has 4 rings (SSSR count). The average molecular weight is 399 g/mol. The lowest BCUT2D eigenvalue weighted by molar-refractivity contribution is -0.121. The molecule has 0 aliphatic carbocycles. The fourth-order valence-electron chi connectivity index (χ4n) is 3.11. The van der Waals surface area contributed by atoms with Crippen LogP contribution in [0.3, 0.4) is 0 Å². The van der Waals surface area contributed by atoms with Crippen molar-refractivity contribution in [1.29, 1.82) is 0 Å². The van der Waals surface area contributed by atoms with Gasteiger partial charge in [-0.1, -0.05) is 23.9 Å². The van der Waals surface area contributed by atoms with Gasteiger partial charge in [-0.15, -0.1) is 11.3 Å². The summed E-state index contributed by atoms with van der Waals surface area (Å²) in [6.45, 7) is 5.99. The lowest BCUT2D eigenvalue weighted by Crippen LogP contribution is -2.45. The summed E-state index contributed by atoms with van der Waals surface area (Å²) in [6.07, 6.45) is 1.54. The Hall–Kier alpha value is -2.45. The summed E-state index contributed by atoms with van der Waals surface area (Å²) in [5.74, 6) is -0.299. The van der Waals surface area contributed by atoms with Crippen LogP contribution in [-0.4, -0.2) is 33.6 Å². The molecule has 138 valence electrons. The van der Waals surface area contributed by atoms with Crippen molar-refractivity contribution in [2.75, 3.05) is 16.8 Å². The predicted molar refractivity (Wildman–Crippen MR) is 110 cm³/mol. The molecule has 0 saturated heterocycles. The number of aryl methyl sites for hydroxylation is 2. The Bertz CT molecular complexity index is 1060. The fraction of sp³-hybridized carbons (Fsp3) is 0.263. The molecular weight excluding hydrogens is 380 g/mol. The molecule has 0 bridgehead atoms. The number of amides is 2. The van der Waals surface area contributed by atoms with E-state index in [0.717, 1.165) is 26.5 Å². The van der Waals surface area contributed by atoms with Crippen LogP contribution >= 0.6 is 23.1 Å². The van der Waals surface area contributed by atoms with Crippen molar-refractivity contribution in [1.82, 2.24) is 9.97 Å². The number of carbonyl (C=O) groups is 2. The smallest absolute Gasteiger partial charge is 0.244 e. The number of thioether (sulfide) groups is 1. The Labute approximate surface area is 165 Å². The first-order valence-corrected chi connectivity index (χ1v) is 10.2. The highest BCUT2D eigenvalue weighted by Crippen LogP contribution is 2.37. The second-order valence-electron chi connectivity index (χ2n) is 6.39. The largest absolute Gasteiger partial charge is 0.323 e. The number of carbonyl (C=O) groups excluding carboxylic acids is 2. The van der Waals surface area contributed by atoms with Gasteiger partial charge in [0.1, 0.15) is 22.7 Å². The van der Waals surface area contributed by atoms with Crippen LogP contribution in [0.1, 0.15) is 17.4 Å². The van der Waals surface area contributed by atoms with Gasteiger partial charge in [0.05, 0.1) is 16.6 Å². The van der Waals surface area contributed by atoms with Crippen molar-refractivity contribution < 1.29 is 9.59 Å². The Balaban J connectivity index is 1.64. The molecule has 3 aromatic rings. The number of fused-ring (bicyclic) bond motifs is 2. The van der Waals surface area contributed by atoms with Crippen molar-refractivity contribution in [2.45, 2.75) is 31.0 Å². The lowest BCUT2D eigenvalue weighted by Gasteiger charge is -2.30. The number of aromatic nitrogens is 2. The van der Waals surface area contributed by atoms with Gasteiger partial charge in [-0.25, -0.2) is 9.97 Å². The molecule has 27 heavy (non-hydrogen) atoms. The maximum Gasteiger partial charge on any atom is 0.244 e. The molecule has 6 nitrogen and oxygen atoms in total. The van der Waals surface area contributed by atoms with Crippen molar-refractivity contribution in [3.05, 3.63) is 41.0 Å². The molecule has 3 heterocycles.